The van der Waals surface area contributed by atoms with Crippen LogP contribution in [0.2, 0.25) is 0 Å². The monoisotopic (exact) mass is 670 g/mol. The van der Waals surface area contributed by atoms with E-state index in [9.17, 15) is 8.42 Å². The summed E-state index contributed by atoms with van der Waals surface area (Å²) in [6.07, 6.45) is 4.06. The van der Waals surface area contributed by atoms with Gasteiger partial charge in [0.25, 0.3) is 10.1 Å². The van der Waals surface area contributed by atoms with Gasteiger partial charge in [-0.2, -0.15) is 8.42 Å². The van der Waals surface area contributed by atoms with Crippen LogP contribution in [0.3, 0.4) is 0 Å². The molecule has 0 saturated carbocycles. The van der Waals surface area contributed by atoms with Crippen LogP contribution in [0, 0.1) is 0 Å². The van der Waals surface area contributed by atoms with E-state index in [1.165, 1.54) is 12.1 Å². The van der Waals surface area contributed by atoms with Crippen LogP contribution in [-0.2, 0) is 84.9 Å². The molecule has 4 rings (SSSR count). The van der Waals surface area contributed by atoms with Crippen LogP contribution in [0.15, 0.2) is 107 Å². The second-order valence-corrected chi connectivity index (χ2v) is 9.52. The Morgan fingerprint density at radius 3 is 1.33 bits per heavy atom. The van der Waals surface area contributed by atoms with Crippen molar-refractivity contribution in [2.24, 2.45) is 0 Å². The largest absolute Gasteiger partial charge is 0.294 e. The van der Waals surface area contributed by atoms with Gasteiger partial charge in [-0.15, -0.1) is 4.33 Å². The summed E-state index contributed by atoms with van der Waals surface area (Å²) < 4.78 is 35.9. The van der Waals surface area contributed by atoms with Gasteiger partial charge in [0.15, 0.2) is 0 Å². The van der Waals surface area contributed by atoms with E-state index in [2.05, 4.69) is 21.5 Å². The molecule has 0 aliphatic rings. The van der Waals surface area contributed by atoms with Crippen LogP contribution in [-0.4, -0.2) is 18.2 Å². The van der Waals surface area contributed by atoms with Crippen LogP contribution >= 0.6 is 12.0 Å². The van der Waals surface area contributed by atoms with Gasteiger partial charge in [-0.1, -0.05) is 90.0 Å². The Kier molecular flexibility index (Phi) is 12.8. The Balaban J connectivity index is 0.00000228. The van der Waals surface area contributed by atoms with Gasteiger partial charge in [0.05, 0.1) is 16.9 Å². The molecule has 0 atom stereocenters. The third-order valence-electron chi connectivity index (χ3n) is 5.12. The number of hydrogen-bond donors (Lipinski definition) is 2. The second-order valence-electron chi connectivity index (χ2n) is 7.33. The smallest absolute Gasteiger partial charge is 0.282 e. The fourth-order valence-corrected chi connectivity index (χ4v) is 4.18. The van der Waals surface area contributed by atoms with Gasteiger partial charge in [-0.25, -0.2) is 5.26 Å². The SMILES string of the molecule is O=S(=O)(O)c1ccc(-c2ccc(/C=C/c3ccc(-c4ccc(SOOO)cc4)cc3)cc2)cc1.[Y].[Y]. The molecule has 4 aromatic rings. The molecule has 0 amide bonds. The van der Waals surface area contributed by atoms with Gasteiger partial charge >= 0.3 is 0 Å². The molecule has 0 heterocycles. The predicted octanol–water partition coefficient (Wildman–Crippen LogP) is 6.86. The Bertz CT molecular complexity index is 1370. The van der Waals surface area contributed by atoms with E-state index in [1.54, 1.807) is 12.1 Å². The first-order chi connectivity index (χ1) is 16.4. The van der Waals surface area contributed by atoms with Crippen LogP contribution < -0.4 is 0 Å². The van der Waals surface area contributed by atoms with E-state index in [1.807, 2.05) is 72.8 Å². The number of rotatable bonds is 8. The summed E-state index contributed by atoms with van der Waals surface area (Å²) in [5.41, 5.74) is 6.05. The van der Waals surface area contributed by atoms with E-state index < -0.39 is 10.1 Å². The van der Waals surface area contributed by atoms with Crippen molar-refractivity contribution in [3.8, 4) is 22.3 Å². The third kappa shape index (κ3) is 8.77. The van der Waals surface area contributed by atoms with E-state index in [0.717, 1.165) is 50.3 Å². The Hall–Kier alpha value is -1.03. The number of hydrogen-bond acceptors (Lipinski definition) is 6. The van der Waals surface area contributed by atoms with Crippen LogP contribution in [0.1, 0.15) is 11.1 Å². The van der Waals surface area contributed by atoms with Gasteiger partial charge in [-0.3, -0.25) is 4.55 Å². The topological polar surface area (TPSA) is 93.1 Å². The quantitative estimate of drug-likeness (QED) is 0.0696. The molecule has 0 aliphatic heterocycles. The summed E-state index contributed by atoms with van der Waals surface area (Å²) in [4.78, 5) is 0.680. The average Bonchev–Trinajstić information content (AvgIpc) is 2.87. The molecule has 2 N–H and O–H groups in total. The first-order valence-electron chi connectivity index (χ1n) is 10.1. The molecule has 0 fully saturated rings. The molecule has 6 nitrogen and oxygen atoms in total. The summed E-state index contributed by atoms with van der Waals surface area (Å²) in [5, 5.41) is 11.8. The van der Waals surface area contributed by atoms with Gasteiger partial charge in [0, 0.05) is 70.3 Å². The normalized spacial score (nSPS) is 11.1. The fraction of sp³-hybridized carbons (Fsp3) is 0. The maximum Gasteiger partial charge on any atom is 0.294 e. The van der Waals surface area contributed by atoms with Crippen molar-refractivity contribution in [2.45, 2.75) is 9.79 Å². The van der Waals surface area contributed by atoms with Gasteiger partial charge in [-0.05, 0) is 57.6 Å². The first-order valence-corrected chi connectivity index (χ1v) is 12.3. The van der Waals surface area contributed by atoms with E-state index >= 15 is 0 Å². The minimum atomic E-state index is -4.19. The molecule has 0 unspecified atom stereocenters. The summed E-state index contributed by atoms with van der Waals surface area (Å²) in [6, 6.07) is 29.9. The zero-order valence-corrected chi connectivity index (χ0v) is 26.2. The molecule has 0 bridgehead atoms. The molecule has 36 heavy (non-hydrogen) atoms. The van der Waals surface area contributed by atoms with Crippen LogP contribution in [0.5, 0.6) is 0 Å². The van der Waals surface area contributed by atoms with Crippen molar-refractivity contribution >= 4 is 34.3 Å². The molecule has 0 aromatic heterocycles. The van der Waals surface area contributed by atoms with E-state index in [4.69, 9.17) is 9.81 Å². The Morgan fingerprint density at radius 1 is 0.611 bits per heavy atom. The fourth-order valence-electron chi connectivity index (χ4n) is 3.34. The molecular weight excluding hydrogens is 650 g/mol. The first kappa shape index (κ1) is 31.2. The van der Waals surface area contributed by atoms with Crippen molar-refractivity contribution < 1.29 is 93.0 Å². The van der Waals surface area contributed by atoms with E-state index in [-0.39, 0.29) is 70.3 Å². The molecular formula is C26H20O6S2Y2. The van der Waals surface area contributed by atoms with Gasteiger partial charge in [0.2, 0.25) is 0 Å². The number of benzene rings is 4. The van der Waals surface area contributed by atoms with Crippen LogP contribution in [0.4, 0.5) is 0 Å². The molecule has 2 radical (unpaired) electrons. The van der Waals surface area contributed by atoms with Gasteiger partial charge < -0.3 is 0 Å². The average molecular weight is 670 g/mol. The van der Waals surface area contributed by atoms with Crippen molar-refractivity contribution in [1.29, 1.82) is 0 Å². The maximum atomic E-state index is 11.2. The standard InChI is InChI=1S/C26H20O6S2.2Y/c27-31-32-33-25-15-11-23(12-16-25)21-7-3-19(4-8-21)1-2-20-5-9-22(10-6-20)24-13-17-26(18-14-24)34(28,29)30;;/h1-18,27H,(H,28,29,30);;/b2-1+;;. The summed E-state index contributed by atoms with van der Waals surface area (Å²) in [6.45, 7) is 0. The van der Waals surface area contributed by atoms with Crippen molar-refractivity contribution in [2.75, 3.05) is 0 Å². The Labute approximate surface area is 264 Å². The van der Waals surface area contributed by atoms with E-state index in [0.29, 0.717) is 0 Å². The molecule has 0 saturated heterocycles. The maximum absolute atomic E-state index is 11.2. The Morgan fingerprint density at radius 2 is 0.972 bits per heavy atom. The summed E-state index contributed by atoms with van der Waals surface area (Å²) >= 11 is 0.920. The molecule has 0 aliphatic carbocycles. The van der Waals surface area contributed by atoms with Crippen LogP contribution in [0.25, 0.3) is 34.4 Å². The third-order valence-corrected chi connectivity index (χ3v) is 6.58. The minimum Gasteiger partial charge on any atom is -0.282 e. The van der Waals surface area contributed by atoms with Crippen molar-refractivity contribution in [1.82, 2.24) is 0 Å². The molecule has 10 heteroatoms. The van der Waals surface area contributed by atoms with Gasteiger partial charge in [0.1, 0.15) is 0 Å². The molecule has 0 spiro atoms. The minimum absolute atomic E-state index is 0. The molecule has 4 aromatic carbocycles. The predicted molar refractivity (Wildman–Crippen MR) is 133 cm³/mol. The zero-order valence-electron chi connectivity index (χ0n) is 18.9. The zero-order chi connectivity index (χ0) is 24.0. The van der Waals surface area contributed by atoms with Crippen molar-refractivity contribution in [3.63, 3.8) is 0 Å². The summed E-state index contributed by atoms with van der Waals surface area (Å²) in [5.74, 6) is 0. The summed E-state index contributed by atoms with van der Waals surface area (Å²) in [7, 11) is -4.19. The van der Waals surface area contributed by atoms with Crippen molar-refractivity contribution in [3.05, 3.63) is 108 Å². The second kappa shape index (κ2) is 14.8. The molecule has 178 valence electrons.